The molecule has 0 bridgehead atoms. The van der Waals surface area contributed by atoms with E-state index in [2.05, 4.69) is 23.5 Å². The van der Waals surface area contributed by atoms with Crippen LogP contribution in [0.2, 0.25) is 0 Å². The summed E-state index contributed by atoms with van der Waals surface area (Å²) >= 11 is 0. The van der Waals surface area contributed by atoms with Gasteiger partial charge in [0.15, 0.2) is 0 Å². The van der Waals surface area contributed by atoms with Crippen molar-refractivity contribution in [2.24, 2.45) is 0 Å². The zero-order valence-corrected chi connectivity index (χ0v) is 21.0. The first-order valence-corrected chi connectivity index (χ1v) is 12.2. The molecule has 0 spiro atoms. The molecule has 194 valence electrons. The molecule has 0 aliphatic carbocycles. The van der Waals surface area contributed by atoms with Crippen LogP contribution in [0.1, 0.15) is 12.5 Å². The van der Waals surface area contributed by atoms with Crippen molar-refractivity contribution >= 4 is 40.0 Å². The van der Waals surface area contributed by atoms with Gasteiger partial charge in [0.25, 0.3) is 17.4 Å². The Kier molecular flexibility index (Phi) is 6.64. The van der Waals surface area contributed by atoms with Gasteiger partial charge in [0.05, 0.1) is 29.8 Å². The van der Waals surface area contributed by atoms with Gasteiger partial charge in [-0.25, -0.2) is 4.98 Å². The number of morpholine rings is 1. The maximum absolute atomic E-state index is 13.4. The standard InChI is InChI=1S/C28H27N5O5/c1-17(27(36)31-11-13-38-14-12-31)30-26(35)18(2)33-16-29-25-22(5-4-6-23(25)28(33)37)20-7-8-24-21(15-20)9-10-32(24)19(3)34/h4-8,15-16H,1-2,9-14H2,3H3,(H,30,35). The lowest BCUT2D eigenvalue weighted by atomic mass is 9.99. The zero-order valence-electron chi connectivity index (χ0n) is 21.0. The number of nitrogens with one attached hydrogen (secondary N) is 1. The fourth-order valence-corrected chi connectivity index (χ4v) is 4.80. The van der Waals surface area contributed by atoms with Crippen LogP contribution in [0.15, 0.2) is 66.4 Å². The lowest BCUT2D eigenvalue weighted by Crippen LogP contribution is -2.44. The maximum Gasteiger partial charge on any atom is 0.272 e. The quantitative estimate of drug-likeness (QED) is 0.522. The molecule has 10 nitrogen and oxygen atoms in total. The van der Waals surface area contributed by atoms with Crippen molar-refractivity contribution in [1.82, 2.24) is 19.8 Å². The molecule has 1 aromatic heterocycles. The molecule has 0 radical (unpaired) electrons. The monoisotopic (exact) mass is 513 g/mol. The fourth-order valence-electron chi connectivity index (χ4n) is 4.80. The highest BCUT2D eigenvalue weighted by Gasteiger charge is 2.24. The SMILES string of the molecule is C=C(NC(=O)C(=C)n1cnc2c(-c3ccc4c(c3)CCN4C(C)=O)cccc2c1=O)C(=O)N1CCOCC1. The number of para-hydroxylation sites is 1. The Morgan fingerprint density at radius 1 is 1.05 bits per heavy atom. The molecule has 2 aliphatic heterocycles. The summed E-state index contributed by atoms with van der Waals surface area (Å²) in [5.74, 6) is -1.14. The van der Waals surface area contributed by atoms with Gasteiger partial charge in [-0.2, -0.15) is 0 Å². The van der Waals surface area contributed by atoms with Crippen molar-refractivity contribution in [3.63, 3.8) is 0 Å². The largest absolute Gasteiger partial charge is 0.378 e. The Hall–Kier alpha value is -4.57. The van der Waals surface area contributed by atoms with Gasteiger partial charge in [0.2, 0.25) is 5.91 Å². The fraction of sp³-hybridized carbons (Fsp3) is 0.250. The average Bonchev–Trinajstić information content (AvgIpc) is 3.36. The van der Waals surface area contributed by atoms with E-state index >= 15 is 0 Å². The molecule has 0 atom stereocenters. The predicted octanol–water partition coefficient (Wildman–Crippen LogP) is 1.93. The van der Waals surface area contributed by atoms with E-state index in [9.17, 15) is 19.2 Å². The number of carbonyl (C=O) groups excluding carboxylic acids is 3. The summed E-state index contributed by atoms with van der Waals surface area (Å²) in [6.45, 7) is 11.3. The van der Waals surface area contributed by atoms with Gasteiger partial charge in [-0.3, -0.25) is 23.7 Å². The summed E-state index contributed by atoms with van der Waals surface area (Å²) in [5.41, 5.74) is 3.30. The first kappa shape index (κ1) is 25.1. The summed E-state index contributed by atoms with van der Waals surface area (Å²) < 4.78 is 6.30. The minimum absolute atomic E-state index is 0.00202. The zero-order chi connectivity index (χ0) is 27.0. The number of aromatic nitrogens is 2. The lowest BCUT2D eigenvalue weighted by molar-refractivity contribution is -0.132. The minimum Gasteiger partial charge on any atom is -0.378 e. The highest BCUT2D eigenvalue weighted by Crippen LogP contribution is 2.34. The molecule has 1 N–H and O–H groups in total. The molecule has 1 fully saturated rings. The van der Waals surface area contributed by atoms with Crippen molar-refractivity contribution < 1.29 is 19.1 Å². The Balaban J connectivity index is 1.40. The highest BCUT2D eigenvalue weighted by atomic mass is 16.5. The Bertz CT molecular complexity index is 1570. The van der Waals surface area contributed by atoms with Gasteiger partial charge < -0.3 is 19.9 Å². The van der Waals surface area contributed by atoms with Crippen molar-refractivity contribution in [1.29, 1.82) is 0 Å². The first-order chi connectivity index (χ1) is 18.3. The van der Waals surface area contributed by atoms with Crippen LogP contribution in [0.25, 0.3) is 27.7 Å². The van der Waals surface area contributed by atoms with E-state index in [1.54, 1.807) is 24.0 Å². The summed E-state index contributed by atoms with van der Waals surface area (Å²) in [7, 11) is 0. The molecule has 2 aromatic carbocycles. The van der Waals surface area contributed by atoms with Gasteiger partial charge in [-0.15, -0.1) is 0 Å². The molecular formula is C28H27N5O5. The Labute approximate surface area is 218 Å². The van der Waals surface area contributed by atoms with Crippen molar-refractivity contribution in [3.05, 3.63) is 77.5 Å². The van der Waals surface area contributed by atoms with Crippen LogP contribution in [0.5, 0.6) is 0 Å². The smallest absolute Gasteiger partial charge is 0.272 e. The third-order valence-electron chi connectivity index (χ3n) is 6.83. The van der Waals surface area contributed by atoms with Crippen LogP contribution >= 0.6 is 0 Å². The van der Waals surface area contributed by atoms with E-state index in [0.29, 0.717) is 43.8 Å². The van der Waals surface area contributed by atoms with E-state index in [1.165, 1.54) is 11.2 Å². The second-order valence-corrected chi connectivity index (χ2v) is 9.17. The second kappa shape index (κ2) is 10.1. The molecular weight excluding hydrogens is 486 g/mol. The second-order valence-electron chi connectivity index (χ2n) is 9.17. The maximum atomic E-state index is 13.4. The molecule has 5 rings (SSSR count). The molecule has 3 heterocycles. The van der Waals surface area contributed by atoms with E-state index < -0.39 is 17.4 Å². The van der Waals surface area contributed by atoms with E-state index in [-0.39, 0.29) is 17.3 Å². The normalized spacial score (nSPS) is 14.8. The van der Waals surface area contributed by atoms with Crippen LogP contribution in [-0.2, 0) is 25.5 Å². The Morgan fingerprint density at radius 2 is 1.82 bits per heavy atom. The molecule has 3 amide bonds. The van der Waals surface area contributed by atoms with Crippen LogP contribution in [0, 0.1) is 0 Å². The first-order valence-electron chi connectivity index (χ1n) is 12.2. The molecule has 38 heavy (non-hydrogen) atoms. The molecule has 0 saturated carbocycles. The predicted molar refractivity (Wildman–Crippen MR) is 143 cm³/mol. The lowest BCUT2D eigenvalue weighted by Gasteiger charge is -2.27. The van der Waals surface area contributed by atoms with Crippen LogP contribution < -0.4 is 15.8 Å². The number of ether oxygens (including phenoxy) is 1. The number of rotatable bonds is 5. The van der Waals surface area contributed by atoms with Crippen molar-refractivity contribution in [2.45, 2.75) is 13.3 Å². The minimum atomic E-state index is -0.732. The molecule has 0 unspecified atom stereocenters. The Morgan fingerprint density at radius 3 is 2.55 bits per heavy atom. The summed E-state index contributed by atoms with van der Waals surface area (Å²) in [4.78, 5) is 58.4. The highest BCUT2D eigenvalue weighted by molar-refractivity contribution is 6.15. The number of benzene rings is 2. The van der Waals surface area contributed by atoms with E-state index in [4.69, 9.17) is 4.74 Å². The average molecular weight is 514 g/mol. The van der Waals surface area contributed by atoms with Gasteiger partial charge >= 0.3 is 0 Å². The topological polar surface area (TPSA) is 114 Å². The number of amides is 3. The van der Waals surface area contributed by atoms with E-state index in [1.807, 2.05) is 24.3 Å². The van der Waals surface area contributed by atoms with Crippen LogP contribution in [-0.4, -0.2) is 65.0 Å². The van der Waals surface area contributed by atoms with Gasteiger partial charge in [-0.05, 0) is 35.7 Å². The number of nitrogens with zero attached hydrogens (tertiary/aromatic N) is 4. The summed E-state index contributed by atoms with van der Waals surface area (Å²) in [6.07, 6.45) is 2.01. The number of hydrogen-bond donors (Lipinski definition) is 1. The molecule has 3 aromatic rings. The number of anilines is 1. The summed E-state index contributed by atoms with van der Waals surface area (Å²) in [6, 6.07) is 11.1. The third kappa shape index (κ3) is 4.50. The van der Waals surface area contributed by atoms with Gasteiger partial charge in [0, 0.05) is 37.8 Å². The van der Waals surface area contributed by atoms with Gasteiger partial charge in [0.1, 0.15) is 12.0 Å². The number of hydrogen-bond acceptors (Lipinski definition) is 6. The third-order valence-corrected chi connectivity index (χ3v) is 6.83. The number of carbonyl (C=O) groups is 3. The molecule has 2 aliphatic rings. The van der Waals surface area contributed by atoms with E-state index in [0.717, 1.165) is 33.4 Å². The van der Waals surface area contributed by atoms with Crippen molar-refractivity contribution in [2.75, 3.05) is 37.7 Å². The van der Waals surface area contributed by atoms with Crippen molar-refractivity contribution in [3.8, 4) is 11.1 Å². The number of fused-ring (bicyclic) bond motifs is 2. The van der Waals surface area contributed by atoms with Crippen LogP contribution in [0.4, 0.5) is 5.69 Å². The summed E-state index contributed by atoms with van der Waals surface area (Å²) in [5, 5.41) is 2.76. The molecule has 10 heteroatoms. The van der Waals surface area contributed by atoms with Crippen LogP contribution in [0.3, 0.4) is 0 Å². The van der Waals surface area contributed by atoms with Gasteiger partial charge in [-0.1, -0.05) is 31.4 Å². The molecule has 1 saturated heterocycles.